The van der Waals surface area contributed by atoms with Gasteiger partial charge in [-0.25, -0.2) is 0 Å². The van der Waals surface area contributed by atoms with Gasteiger partial charge in [-0.2, -0.15) is 0 Å². The van der Waals surface area contributed by atoms with Gasteiger partial charge in [0.2, 0.25) is 5.91 Å². The van der Waals surface area contributed by atoms with Crippen LogP contribution in [0.5, 0.6) is 0 Å². The molecule has 9 heavy (non-hydrogen) atoms. The number of rotatable bonds is 0. The van der Waals surface area contributed by atoms with Gasteiger partial charge in [-0.3, -0.25) is 4.79 Å². The lowest BCUT2D eigenvalue weighted by molar-refractivity contribution is -0.129. The van der Waals surface area contributed by atoms with Gasteiger partial charge in [0.05, 0.1) is 0 Å². The molecule has 1 atom stereocenters. The van der Waals surface area contributed by atoms with Crippen LogP contribution in [-0.4, -0.2) is 23.4 Å². The fourth-order valence-corrected chi connectivity index (χ4v) is 1.40. The first kappa shape index (κ1) is 6.59. The number of carbonyl (C=O) groups is 1. The summed E-state index contributed by atoms with van der Waals surface area (Å²) in [7, 11) is 0. The molecule has 2 heteroatoms. The molecule has 0 saturated carbocycles. The van der Waals surface area contributed by atoms with E-state index >= 15 is 0 Å². The third-order valence-corrected chi connectivity index (χ3v) is 1.96. The molecular formula is C7H13NO. The van der Waals surface area contributed by atoms with Crippen LogP contribution >= 0.6 is 0 Å². The summed E-state index contributed by atoms with van der Waals surface area (Å²) in [5.41, 5.74) is 0. The molecule has 1 amide bonds. The monoisotopic (exact) mass is 127 g/mol. The van der Waals surface area contributed by atoms with E-state index in [-0.39, 0.29) is 5.91 Å². The normalized spacial score (nSPS) is 26.9. The molecule has 1 aliphatic heterocycles. The maximum atomic E-state index is 10.8. The Morgan fingerprint density at radius 2 is 2.33 bits per heavy atom. The molecule has 1 aliphatic rings. The fourth-order valence-electron chi connectivity index (χ4n) is 1.40. The van der Waals surface area contributed by atoms with E-state index in [0.29, 0.717) is 6.04 Å². The lowest BCUT2D eigenvalue weighted by Gasteiger charge is -2.18. The maximum absolute atomic E-state index is 10.8. The van der Waals surface area contributed by atoms with E-state index in [0.717, 1.165) is 6.54 Å². The quantitative estimate of drug-likeness (QED) is 0.475. The predicted molar refractivity (Wildman–Crippen MR) is 36.1 cm³/mol. The van der Waals surface area contributed by atoms with Crippen molar-refractivity contribution < 1.29 is 4.79 Å². The van der Waals surface area contributed by atoms with Crippen molar-refractivity contribution in [3.63, 3.8) is 0 Å². The number of amides is 1. The van der Waals surface area contributed by atoms with E-state index in [1.165, 1.54) is 12.8 Å². The number of carbonyl (C=O) groups excluding carboxylic acids is 1. The molecule has 1 rings (SSSR count). The molecule has 2 nitrogen and oxygen atoms in total. The van der Waals surface area contributed by atoms with Crippen LogP contribution in [-0.2, 0) is 4.79 Å². The minimum atomic E-state index is 0.222. The lowest BCUT2D eigenvalue weighted by atomic mass is 10.2. The number of nitrogens with zero attached hydrogens (tertiary/aromatic N) is 1. The Labute approximate surface area is 55.8 Å². The van der Waals surface area contributed by atoms with Gasteiger partial charge in [0.15, 0.2) is 0 Å². The molecule has 1 saturated heterocycles. The van der Waals surface area contributed by atoms with E-state index < -0.39 is 0 Å². The van der Waals surface area contributed by atoms with Gasteiger partial charge in [-0.1, -0.05) is 0 Å². The van der Waals surface area contributed by atoms with Crippen LogP contribution in [0.1, 0.15) is 26.7 Å². The van der Waals surface area contributed by atoms with E-state index in [1.54, 1.807) is 6.92 Å². The summed E-state index contributed by atoms with van der Waals surface area (Å²) >= 11 is 0. The van der Waals surface area contributed by atoms with Crippen molar-refractivity contribution in [1.29, 1.82) is 0 Å². The van der Waals surface area contributed by atoms with Crippen LogP contribution < -0.4 is 0 Å². The summed E-state index contributed by atoms with van der Waals surface area (Å²) in [5.74, 6) is 0.222. The van der Waals surface area contributed by atoms with Gasteiger partial charge >= 0.3 is 0 Å². The minimum absolute atomic E-state index is 0.222. The molecule has 0 radical (unpaired) electrons. The Kier molecular flexibility index (Phi) is 1.74. The van der Waals surface area contributed by atoms with Crippen LogP contribution in [0.15, 0.2) is 0 Å². The molecule has 0 aromatic heterocycles. The van der Waals surface area contributed by atoms with Gasteiger partial charge in [0, 0.05) is 19.5 Å². The zero-order valence-corrected chi connectivity index (χ0v) is 6.05. The number of hydrogen-bond donors (Lipinski definition) is 0. The summed E-state index contributed by atoms with van der Waals surface area (Å²) in [5, 5.41) is 0. The fraction of sp³-hybridized carbons (Fsp3) is 0.857. The second-order valence-electron chi connectivity index (χ2n) is 2.70. The summed E-state index contributed by atoms with van der Waals surface area (Å²) < 4.78 is 0. The van der Waals surface area contributed by atoms with E-state index in [1.807, 2.05) is 4.90 Å². The van der Waals surface area contributed by atoms with Crippen molar-refractivity contribution in [3.05, 3.63) is 0 Å². The zero-order valence-electron chi connectivity index (χ0n) is 6.05. The SMILES string of the molecule is CC(=O)N1CCC[C@@H]1C. The van der Waals surface area contributed by atoms with Crippen molar-refractivity contribution in [1.82, 2.24) is 4.90 Å². The summed E-state index contributed by atoms with van der Waals surface area (Å²) in [6.07, 6.45) is 2.36. The Morgan fingerprint density at radius 3 is 2.56 bits per heavy atom. The molecule has 0 aromatic rings. The standard InChI is InChI=1S/C7H13NO/c1-6-4-3-5-8(6)7(2)9/h6H,3-5H2,1-2H3/t6-/m0/s1. The highest BCUT2D eigenvalue weighted by Gasteiger charge is 2.21. The van der Waals surface area contributed by atoms with Gasteiger partial charge in [-0.05, 0) is 19.8 Å². The molecular weight excluding hydrogens is 114 g/mol. The first-order valence-electron chi connectivity index (χ1n) is 3.49. The molecule has 0 aliphatic carbocycles. The molecule has 1 fully saturated rings. The third kappa shape index (κ3) is 1.23. The van der Waals surface area contributed by atoms with Crippen LogP contribution in [0.2, 0.25) is 0 Å². The van der Waals surface area contributed by atoms with E-state index in [9.17, 15) is 4.79 Å². The second kappa shape index (κ2) is 2.38. The molecule has 1 heterocycles. The summed E-state index contributed by atoms with van der Waals surface area (Å²) in [6.45, 7) is 4.72. The molecule has 0 bridgehead atoms. The third-order valence-electron chi connectivity index (χ3n) is 1.96. The highest BCUT2D eigenvalue weighted by atomic mass is 16.2. The molecule has 0 spiro atoms. The van der Waals surface area contributed by atoms with Gasteiger partial charge in [-0.15, -0.1) is 0 Å². The maximum Gasteiger partial charge on any atom is 0.219 e. The molecule has 0 aromatic carbocycles. The Balaban J connectivity index is 2.49. The van der Waals surface area contributed by atoms with Gasteiger partial charge in [0.1, 0.15) is 0 Å². The van der Waals surface area contributed by atoms with E-state index in [2.05, 4.69) is 6.92 Å². The highest BCUT2D eigenvalue weighted by molar-refractivity contribution is 5.73. The predicted octanol–water partition coefficient (Wildman–Crippen LogP) is 1.02. The lowest BCUT2D eigenvalue weighted by Crippen LogP contribution is -2.31. The van der Waals surface area contributed by atoms with Crippen molar-refractivity contribution >= 4 is 5.91 Å². The van der Waals surface area contributed by atoms with Crippen molar-refractivity contribution in [3.8, 4) is 0 Å². The van der Waals surface area contributed by atoms with E-state index in [4.69, 9.17) is 0 Å². The average Bonchev–Trinajstić information content (AvgIpc) is 2.13. The number of likely N-dealkylation sites (tertiary alicyclic amines) is 1. The van der Waals surface area contributed by atoms with Crippen molar-refractivity contribution in [2.45, 2.75) is 32.7 Å². The zero-order chi connectivity index (χ0) is 6.85. The highest BCUT2D eigenvalue weighted by Crippen LogP contribution is 2.15. The summed E-state index contributed by atoms with van der Waals surface area (Å²) in [6, 6.07) is 0.488. The second-order valence-corrected chi connectivity index (χ2v) is 2.70. The Bertz CT molecular complexity index is 122. The Morgan fingerprint density at radius 1 is 1.67 bits per heavy atom. The van der Waals surface area contributed by atoms with Crippen LogP contribution in [0.4, 0.5) is 0 Å². The first-order valence-corrected chi connectivity index (χ1v) is 3.49. The topological polar surface area (TPSA) is 20.3 Å². The largest absolute Gasteiger partial charge is 0.340 e. The van der Waals surface area contributed by atoms with Crippen molar-refractivity contribution in [2.75, 3.05) is 6.54 Å². The number of hydrogen-bond acceptors (Lipinski definition) is 1. The average molecular weight is 127 g/mol. The molecule has 0 unspecified atom stereocenters. The molecule has 0 N–H and O–H groups in total. The van der Waals surface area contributed by atoms with Crippen LogP contribution in [0, 0.1) is 0 Å². The minimum Gasteiger partial charge on any atom is -0.340 e. The van der Waals surface area contributed by atoms with Crippen LogP contribution in [0.3, 0.4) is 0 Å². The van der Waals surface area contributed by atoms with Gasteiger partial charge < -0.3 is 4.90 Å². The first-order chi connectivity index (χ1) is 4.22. The molecule has 52 valence electrons. The van der Waals surface area contributed by atoms with Gasteiger partial charge in [0.25, 0.3) is 0 Å². The van der Waals surface area contributed by atoms with Crippen LogP contribution in [0.25, 0.3) is 0 Å². The summed E-state index contributed by atoms with van der Waals surface area (Å²) in [4.78, 5) is 12.7. The Hall–Kier alpha value is -0.530. The smallest absolute Gasteiger partial charge is 0.219 e. The van der Waals surface area contributed by atoms with Crippen molar-refractivity contribution in [2.24, 2.45) is 0 Å².